The molecule has 1 aromatic heterocycles. The molecule has 0 aliphatic carbocycles. The van der Waals surface area contributed by atoms with E-state index in [0.717, 1.165) is 6.54 Å². The van der Waals surface area contributed by atoms with Gasteiger partial charge >= 0.3 is 0 Å². The van der Waals surface area contributed by atoms with Crippen LogP contribution in [0.4, 0.5) is 10.2 Å². The Morgan fingerprint density at radius 1 is 1.25 bits per heavy atom. The minimum Gasteiger partial charge on any atom is -0.437 e. The molecule has 2 aromatic rings. The standard InChI is InChI=1S/C14H15ClFN3O/c1-3-12-18-13(17-4-2)8-14(19-12)20-11-6-5-9(16)7-10(11)15/h5-8H,3-4H2,1-2H3,(H,17,18,19). The van der Waals surface area contributed by atoms with Gasteiger partial charge in [-0.25, -0.2) is 9.37 Å². The number of hydrogen-bond donors (Lipinski definition) is 1. The van der Waals surface area contributed by atoms with Crippen LogP contribution in [0.25, 0.3) is 0 Å². The molecule has 0 amide bonds. The molecule has 0 aliphatic rings. The Morgan fingerprint density at radius 2 is 2.05 bits per heavy atom. The summed E-state index contributed by atoms with van der Waals surface area (Å²) in [6.07, 6.45) is 0.687. The van der Waals surface area contributed by atoms with E-state index in [9.17, 15) is 4.39 Å². The Hall–Kier alpha value is -1.88. The van der Waals surface area contributed by atoms with E-state index >= 15 is 0 Å². The van der Waals surface area contributed by atoms with Gasteiger partial charge in [0.05, 0.1) is 5.02 Å². The lowest BCUT2D eigenvalue weighted by Gasteiger charge is -2.10. The topological polar surface area (TPSA) is 47.0 Å². The number of aromatic nitrogens is 2. The molecule has 0 atom stereocenters. The van der Waals surface area contributed by atoms with Gasteiger partial charge < -0.3 is 10.1 Å². The highest BCUT2D eigenvalue weighted by molar-refractivity contribution is 6.32. The van der Waals surface area contributed by atoms with E-state index in [1.54, 1.807) is 6.07 Å². The maximum Gasteiger partial charge on any atom is 0.224 e. The molecule has 2 rings (SSSR count). The van der Waals surface area contributed by atoms with Crippen LogP contribution in [0, 0.1) is 5.82 Å². The average Bonchev–Trinajstić information content (AvgIpc) is 2.42. The van der Waals surface area contributed by atoms with Crippen molar-refractivity contribution < 1.29 is 9.13 Å². The summed E-state index contributed by atoms with van der Waals surface area (Å²) < 4.78 is 18.6. The van der Waals surface area contributed by atoms with Crippen LogP contribution in [0.2, 0.25) is 5.02 Å². The Bertz CT molecular complexity index is 607. The Kier molecular flexibility index (Phi) is 4.74. The van der Waals surface area contributed by atoms with Crippen molar-refractivity contribution in [3.63, 3.8) is 0 Å². The molecule has 6 heteroatoms. The average molecular weight is 296 g/mol. The fourth-order valence-electron chi connectivity index (χ4n) is 1.63. The number of ether oxygens (including phenoxy) is 1. The number of anilines is 1. The van der Waals surface area contributed by atoms with Crippen molar-refractivity contribution in [2.24, 2.45) is 0 Å². The molecule has 0 unspecified atom stereocenters. The summed E-state index contributed by atoms with van der Waals surface area (Å²) in [6.45, 7) is 4.68. The third kappa shape index (κ3) is 3.57. The van der Waals surface area contributed by atoms with Crippen molar-refractivity contribution in [1.82, 2.24) is 9.97 Å². The van der Waals surface area contributed by atoms with Crippen molar-refractivity contribution in [2.45, 2.75) is 20.3 Å². The molecule has 1 N–H and O–H groups in total. The van der Waals surface area contributed by atoms with Gasteiger partial charge in [-0.2, -0.15) is 4.98 Å². The SMILES string of the molecule is CCNc1cc(Oc2ccc(F)cc2Cl)nc(CC)n1. The lowest BCUT2D eigenvalue weighted by molar-refractivity contribution is 0.458. The van der Waals surface area contributed by atoms with Gasteiger partial charge in [0.25, 0.3) is 0 Å². The molecular formula is C14H15ClFN3O. The van der Waals surface area contributed by atoms with E-state index in [1.807, 2.05) is 13.8 Å². The van der Waals surface area contributed by atoms with Crippen molar-refractivity contribution in [3.05, 3.63) is 40.9 Å². The second kappa shape index (κ2) is 6.52. The summed E-state index contributed by atoms with van der Waals surface area (Å²) in [5.41, 5.74) is 0. The van der Waals surface area contributed by atoms with Crippen molar-refractivity contribution >= 4 is 17.4 Å². The number of nitrogens with one attached hydrogen (secondary N) is 1. The first-order valence-corrected chi connectivity index (χ1v) is 6.75. The van der Waals surface area contributed by atoms with Crippen LogP contribution < -0.4 is 10.1 Å². The van der Waals surface area contributed by atoms with Crippen molar-refractivity contribution in [2.75, 3.05) is 11.9 Å². The lowest BCUT2D eigenvalue weighted by atomic mass is 10.3. The van der Waals surface area contributed by atoms with Crippen LogP contribution in [0.5, 0.6) is 11.6 Å². The zero-order chi connectivity index (χ0) is 14.5. The quantitative estimate of drug-likeness (QED) is 0.904. The van der Waals surface area contributed by atoms with Crippen LogP contribution in [0.1, 0.15) is 19.7 Å². The Labute approximate surface area is 122 Å². The largest absolute Gasteiger partial charge is 0.437 e. The molecule has 0 fully saturated rings. The molecular weight excluding hydrogens is 281 g/mol. The minimum atomic E-state index is -0.410. The number of nitrogens with zero attached hydrogens (tertiary/aromatic N) is 2. The maximum atomic E-state index is 13.0. The van der Waals surface area contributed by atoms with Gasteiger partial charge in [-0.15, -0.1) is 0 Å². The monoisotopic (exact) mass is 295 g/mol. The first-order chi connectivity index (χ1) is 9.62. The molecule has 0 aliphatic heterocycles. The van der Waals surface area contributed by atoms with E-state index in [0.29, 0.717) is 29.7 Å². The molecule has 1 heterocycles. The van der Waals surface area contributed by atoms with Crippen molar-refractivity contribution in [1.29, 1.82) is 0 Å². The minimum absolute atomic E-state index is 0.201. The van der Waals surface area contributed by atoms with Crippen LogP contribution in [-0.2, 0) is 6.42 Å². The first-order valence-electron chi connectivity index (χ1n) is 6.37. The second-order valence-corrected chi connectivity index (χ2v) is 4.48. The molecule has 4 nitrogen and oxygen atoms in total. The predicted octanol–water partition coefficient (Wildman–Crippen LogP) is 4.06. The molecule has 0 bridgehead atoms. The smallest absolute Gasteiger partial charge is 0.224 e. The fourth-order valence-corrected chi connectivity index (χ4v) is 1.83. The molecule has 0 radical (unpaired) electrons. The molecule has 106 valence electrons. The molecule has 1 aromatic carbocycles. The highest BCUT2D eigenvalue weighted by Crippen LogP contribution is 2.29. The summed E-state index contributed by atoms with van der Waals surface area (Å²) in [6, 6.07) is 5.64. The van der Waals surface area contributed by atoms with E-state index in [1.165, 1.54) is 18.2 Å². The van der Waals surface area contributed by atoms with Gasteiger partial charge in [-0.1, -0.05) is 18.5 Å². The van der Waals surface area contributed by atoms with Gasteiger partial charge in [0.1, 0.15) is 23.2 Å². The first kappa shape index (κ1) is 14.5. The van der Waals surface area contributed by atoms with Gasteiger partial charge in [-0.3, -0.25) is 0 Å². The highest BCUT2D eigenvalue weighted by atomic mass is 35.5. The summed E-state index contributed by atoms with van der Waals surface area (Å²) >= 11 is 5.93. The third-order valence-electron chi connectivity index (χ3n) is 2.53. The molecule has 20 heavy (non-hydrogen) atoms. The predicted molar refractivity (Wildman–Crippen MR) is 77.1 cm³/mol. The van der Waals surface area contributed by atoms with Crippen LogP contribution in [-0.4, -0.2) is 16.5 Å². The van der Waals surface area contributed by atoms with E-state index < -0.39 is 5.82 Å². The van der Waals surface area contributed by atoms with Crippen LogP contribution >= 0.6 is 11.6 Å². The fraction of sp³-hybridized carbons (Fsp3) is 0.286. The second-order valence-electron chi connectivity index (χ2n) is 4.07. The summed E-state index contributed by atoms with van der Waals surface area (Å²) in [4.78, 5) is 8.59. The number of aryl methyl sites for hydroxylation is 1. The number of benzene rings is 1. The molecule has 0 spiro atoms. The van der Waals surface area contributed by atoms with Gasteiger partial charge in [0.2, 0.25) is 5.88 Å². The Balaban J connectivity index is 2.29. The lowest BCUT2D eigenvalue weighted by Crippen LogP contribution is -2.04. The van der Waals surface area contributed by atoms with Gasteiger partial charge in [0, 0.05) is 19.0 Å². The summed E-state index contributed by atoms with van der Waals surface area (Å²) in [5.74, 6) is 1.68. The zero-order valence-corrected chi connectivity index (χ0v) is 12.0. The summed E-state index contributed by atoms with van der Waals surface area (Å²) in [5, 5.41) is 3.31. The third-order valence-corrected chi connectivity index (χ3v) is 2.83. The zero-order valence-electron chi connectivity index (χ0n) is 11.3. The highest BCUT2D eigenvalue weighted by Gasteiger charge is 2.08. The number of hydrogen-bond acceptors (Lipinski definition) is 4. The number of rotatable bonds is 5. The van der Waals surface area contributed by atoms with E-state index in [2.05, 4.69) is 15.3 Å². The normalized spacial score (nSPS) is 10.4. The van der Waals surface area contributed by atoms with E-state index in [-0.39, 0.29) is 5.02 Å². The number of halogens is 2. The maximum absolute atomic E-state index is 13.0. The Morgan fingerprint density at radius 3 is 2.70 bits per heavy atom. The van der Waals surface area contributed by atoms with Gasteiger partial charge in [0.15, 0.2) is 0 Å². The van der Waals surface area contributed by atoms with Crippen molar-refractivity contribution in [3.8, 4) is 11.6 Å². The molecule has 0 saturated heterocycles. The summed E-state index contributed by atoms with van der Waals surface area (Å²) in [7, 11) is 0. The molecule has 0 saturated carbocycles. The van der Waals surface area contributed by atoms with E-state index in [4.69, 9.17) is 16.3 Å². The van der Waals surface area contributed by atoms with Crippen LogP contribution in [0.3, 0.4) is 0 Å². The van der Waals surface area contributed by atoms with Crippen LogP contribution in [0.15, 0.2) is 24.3 Å². The van der Waals surface area contributed by atoms with Gasteiger partial charge in [-0.05, 0) is 25.1 Å².